The molecule has 4 aromatic carbocycles. The molecule has 0 bridgehead atoms. The minimum Gasteiger partial charge on any atom is -0.214 e. The average molecular weight is 295 g/mol. The molecule has 0 N–H and O–H groups in total. The predicted octanol–water partition coefficient (Wildman–Crippen LogP) is 5.40. The van der Waals surface area contributed by atoms with E-state index < -0.39 is 0 Å². The Morgan fingerprint density at radius 1 is 0.500 bits per heavy atom. The molecule has 4 aromatic rings. The second-order valence-electron chi connectivity index (χ2n) is 4.47. The maximum atomic E-state index is 2.18. The van der Waals surface area contributed by atoms with Crippen molar-refractivity contribution in [2.75, 3.05) is 0 Å². The van der Waals surface area contributed by atoms with E-state index in [1.54, 1.807) is 0 Å². The quantitative estimate of drug-likeness (QED) is 0.301. The molecule has 0 nitrogen and oxygen atoms in total. The maximum absolute atomic E-state index is 2.18. The van der Waals surface area contributed by atoms with Crippen molar-refractivity contribution in [1.29, 1.82) is 0 Å². The topological polar surface area (TPSA) is 0 Å². The molecule has 0 aliphatic rings. The monoisotopic (exact) mass is 295 g/mol. The normalized spacial score (nSPS) is 9.60. The van der Waals surface area contributed by atoms with Crippen molar-refractivity contribution in [2.45, 2.75) is 0 Å². The molecule has 0 spiro atoms. The van der Waals surface area contributed by atoms with Crippen LogP contribution < -0.4 is 0 Å². The summed E-state index contributed by atoms with van der Waals surface area (Å²) in [5.41, 5.74) is 0. The Hall–Kier alpha value is -1.94. The summed E-state index contributed by atoms with van der Waals surface area (Å²) in [4.78, 5) is 0. The SMILES string of the molecule is [Cr].c1cc[cH-]c1.c1ccc2c(c1)ccc1ccccc12. The summed E-state index contributed by atoms with van der Waals surface area (Å²) < 4.78 is 0. The molecule has 0 fully saturated rings. The zero-order valence-electron chi connectivity index (χ0n) is 11.1. The summed E-state index contributed by atoms with van der Waals surface area (Å²) in [7, 11) is 0. The van der Waals surface area contributed by atoms with Gasteiger partial charge in [-0.15, -0.1) is 0 Å². The summed E-state index contributed by atoms with van der Waals surface area (Å²) >= 11 is 0. The summed E-state index contributed by atoms with van der Waals surface area (Å²) in [6, 6.07) is 31.4. The smallest absolute Gasteiger partial charge is 0 e. The van der Waals surface area contributed by atoms with Gasteiger partial charge in [0.15, 0.2) is 0 Å². The number of rotatable bonds is 0. The van der Waals surface area contributed by atoms with E-state index in [-0.39, 0.29) is 17.4 Å². The standard InChI is InChI=1S/C14H10.C5H5.Cr/c1-3-7-13-11(5-1)9-10-12-6-2-4-8-14(12)13;1-2-4-5-3-1;/h1-10H;1-5H;/q;-1;. The van der Waals surface area contributed by atoms with E-state index in [0.29, 0.717) is 0 Å². The van der Waals surface area contributed by atoms with Gasteiger partial charge in [-0.05, 0) is 21.5 Å². The van der Waals surface area contributed by atoms with Crippen molar-refractivity contribution in [3.63, 3.8) is 0 Å². The van der Waals surface area contributed by atoms with Crippen LogP contribution in [0.5, 0.6) is 0 Å². The molecule has 0 saturated carbocycles. The van der Waals surface area contributed by atoms with Gasteiger partial charge in [0.25, 0.3) is 0 Å². The summed E-state index contributed by atoms with van der Waals surface area (Å²) in [6.45, 7) is 0. The minimum atomic E-state index is 0. The molecule has 0 aromatic heterocycles. The zero-order chi connectivity index (χ0) is 12.9. The number of benzene rings is 3. The van der Waals surface area contributed by atoms with Crippen LogP contribution in [0.4, 0.5) is 0 Å². The zero-order valence-corrected chi connectivity index (χ0v) is 12.3. The first-order chi connectivity index (χ1) is 9.45. The van der Waals surface area contributed by atoms with Crippen LogP contribution in [-0.4, -0.2) is 0 Å². The van der Waals surface area contributed by atoms with Crippen molar-refractivity contribution in [1.82, 2.24) is 0 Å². The number of hydrogen-bond acceptors (Lipinski definition) is 0. The Morgan fingerprint density at radius 2 is 0.950 bits per heavy atom. The molecule has 0 aliphatic heterocycles. The van der Waals surface area contributed by atoms with Gasteiger partial charge in [0.05, 0.1) is 0 Å². The van der Waals surface area contributed by atoms with E-state index >= 15 is 0 Å². The first kappa shape index (κ1) is 14.5. The minimum absolute atomic E-state index is 0. The van der Waals surface area contributed by atoms with Gasteiger partial charge < -0.3 is 0 Å². The fourth-order valence-corrected chi connectivity index (χ4v) is 2.28. The molecular formula is C19H15Cr-. The third-order valence-corrected chi connectivity index (χ3v) is 3.21. The van der Waals surface area contributed by atoms with Crippen molar-refractivity contribution >= 4 is 21.5 Å². The molecule has 0 unspecified atom stereocenters. The third kappa shape index (κ3) is 3.14. The van der Waals surface area contributed by atoms with Crippen molar-refractivity contribution in [3.05, 3.63) is 91.0 Å². The van der Waals surface area contributed by atoms with Crippen LogP contribution in [0.1, 0.15) is 0 Å². The Morgan fingerprint density at radius 3 is 1.35 bits per heavy atom. The van der Waals surface area contributed by atoms with Crippen LogP contribution in [0.3, 0.4) is 0 Å². The van der Waals surface area contributed by atoms with Gasteiger partial charge in [0, 0.05) is 17.4 Å². The van der Waals surface area contributed by atoms with Crippen LogP contribution >= 0.6 is 0 Å². The van der Waals surface area contributed by atoms with Gasteiger partial charge in [0.2, 0.25) is 0 Å². The van der Waals surface area contributed by atoms with Crippen molar-refractivity contribution in [3.8, 4) is 0 Å². The van der Waals surface area contributed by atoms with Gasteiger partial charge in [-0.3, -0.25) is 0 Å². The van der Waals surface area contributed by atoms with Gasteiger partial charge >= 0.3 is 0 Å². The molecule has 1 heteroatoms. The Labute approximate surface area is 130 Å². The molecule has 4 rings (SSSR count). The van der Waals surface area contributed by atoms with Gasteiger partial charge in [-0.2, -0.15) is 18.2 Å². The van der Waals surface area contributed by atoms with E-state index in [9.17, 15) is 0 Å². The second-order valence-corrected chi connectivity index (χ2v) is 4.47. The van der Waals surface area contributed by atoms with E-state index in [2.05, 4.69) is 60.7 Å². The van der Waals surface area contributed by atoms with Crippen LogP contribution in [0.2, 0.25) is 0 Å². The van der Waals surface area contributed by atoms with Crippen molar-refractivity contribution < 1.29 is 17.4 Å². The fraction of sp³-hybridized carbons (Fsp3) is 0. The van der Waals surface area contributed by atoms with Crippen LogP contribution in [0.25, 0.3) is 21.5 Å². The van der Waals surface area contributed by atoms with Crippen molar-refractivity contribution in [2.24, 2.45) is 0 Å². The second kappa shape index (κ2) is 7.01. The molecule has 0 heterocycles. The molecule has 0 saturated heterocycles. The molecule has 0 atom stereocenters. The van der Waals surface area contributed by atoms with E-state index in [4.69, 9.17) is 0 Å². The van der Waals surface area contributed by atoms with Crippen LogP contribution in [-0.2, 0) is 17.4 Å². The van der Waals surface area contributed by atoms with Gasteiger partial charge in [-0.1, -0.05) is 60.7 Å². The summed E-state index contributed by atoms with van der Waals surface area (Å²) in [6.07, 6.45) is 0. The molecule has 0 radical (unpaired) electrons. The number of hydrogen-bond donors (Lipinski definition) is 0. The van der Waals surface area contributed by atoms with Crippen LogP contribution in [0, 0.1) is 0 Å². The Kier molecular flexibility index (Phi) is 5.07. The first-order valence-electron chi connectivity index (χ1n) is 6.48. The van der Waals surface area contributed by atoms with E-state index in [1.807, 2.05) is 30.3 Å². The van der Waals surface area contributed by atoms with E-state index in [1.165, 1.54) is 21.5 Å². The maximum Gasteiger partial charge on any atom is 0 e. The Balaban J connectivity index is 0.000000210. The molecule has 98 valence electrons. The third-order valence-electron chi connectivity index (χ3n) is 3.21. The van der Waals surface area contributed by atoms with Gasteiger partial charge in [-0.25, -0.2) is 12.1 Å². The largest absolute Gasteiger partial charge is 0.214 e. The first-order valence-corrected chi connectivity index (χ1v) is 6.48. The van der Waals surface area contributed by atoms with E-state index in [0.717, 1.165) is 0 Å². The molecule has 0 amide bonds. The summed E-state index contributed by atoms with van der Waals surface area (Å²) in [5, 5.41) is 5.30. The predicted molar refractivity (Wildman–Crippen MR) is 83.5 cm³/mol. The molecular weight excluding hydrogens is 280 g/mol. The van der Waals surface area contributed by atoms with Gasteiger partial charge in [0.1, 0.15) is 0 Å². The number of fused-ring (bicyclic) bond motifs is 3. The average Bonchev–Trinajstić information content (AvgIpc) is 3.07. The molecule has 0 aliphatic carbocycles. The molecule has 20 heavy (non-hydrogen) atoms. The summed E-state index contributed by atoms with van der Waals surface area (Å²) in [5.74, 6) is 0. The fourth-order valence-electron chi connectivity index (χ4n) is 2.28. The Bertz CT molecular complexity index is 698. The van der Waals surface area contributed by atoms with Crippen LogP contribution in [0.15, 0.2) is 91.0 Å².